The topological polar surface area (TPSA) is 26.3 Å². The fourth-order valence-electron chi connectivity index (χ4n) is 3.15. The van der Waals surface area contributed by atoms with E-state index in [9.17, 15) is 48.7 Å². The van der Waals surface area contributed by atoms with Gasteiger partial charge in [-0.15, -0.1) is 0 Å². The van der Waals surface area contributed by atoms with Crippen LogP contribution in [0.1, 0.15) is 26.2 Å². The summed E-state index contributed by atoms with van der Waals surface area (Å²) in [4.78, 5) is 10.7. The Morgan fingerprint density at radius 2 is 1.21 bits per heavy atom. The summed E-state index contributed by atoms with van der Waals surface area (Å²) in [6.45, 7) is 0.721. The van der Waals surface area contributed by atoms with Crippen molar-refractivity contribution in [3.63, 3.8) is 0 Å². The molecule has 2 aliphatic rings. The Hall–Kier alpha value is -1.23. The lowest BCUT2D eigenvalue weighted by atomic mass is 9.59. The van der Waals surface area contributed by atoms with Gasteiger partial charge in [0.25, 0.3) is 0 Å². The van der Waals surface area contributed by atoms with E-state index in [1.807, 2.05) is 0 Å². The number of hydrogen-bond donors (Lipinski definition) is 0. The summed E-state index contributed by atoms with van der Waals surface area (Å²) >= 11 is 0. The van der Waals surface area contributed by atoms with E-state index >= 15 is 0 Å². The summed E-state index contributed by atoms with van der Waals surface area (Å²) in [5.74, 6) is -27.8. The molecule has 0 aromatic heterocycles. The first-order valence-electron chi connectivity index (χ1n) is 6.56. The van der Waals surface area contributed by atoms with Crippen molar-refractivity contribution in [1.82, 2.24) is 0 Å². The Labute approximate surface area is 128 Å². The SMILES string of the molecule is CC(=O)OC1CCC2(F)C(F)(F)C(F)(F)C(F)(F)C(F)(F)C2(F)C1. The van der Waals surface area contributed by atoms with Gasteiger partial charge >= 0.3 is 29.7 Å². The zero-order valence-electron chi connectivity index (χ0n) is 11.8. The molecule has 2 rings (SSSR count). The first-order chi connectivity index (χ1) is 10.5. The van der Waals surface area contributed by atoms with Gasteiger partial charge in [0.1, 0.15) is 6.10 Å². The van der Waals surface area contributed by atoms with Crippen molar-refractivity contribution in [2.75, 3.05) is 0 Å². The number of halogens is 10. The molecule has 0 bridgehead atoms. The second-order valence-corrected chi connectivity index (χ2v) is 5.87. The average Bonchev–Trinajstić information content (AvgIpc) is 2.40. The normalized spacial score (nSPS) is 42.0. The summed E-state index contributed by atoms with van der Waals surface area (Å²) in [7, 11) is 0. The van der Waals surface area contributed by atoms with Gasteiger partial charge in [-0.05, 0) is 12.8 Å². The number of carbonyl (C=O) groups is 1. The van der Waals surface area contributed by atoms with Crippen molar-refractivity contribution in [2.24, 2.45) is 0 Å². The minimum absolute atomic E-state index is 0.721. The van der Waals surface area contributed by atoms with Gasteiger partial charge in [0.15, 0.2) is 0 Å². The standard InChI is InChI=1S/C12H10F10O2/c1-5(23)24-6-2-3-7(13)8(14,4-6)10(17,18)12(21,22)11(19,20)9(7,15)16/h6H,2-4H2,1H3. The average molecular weight is 376 g/mol. The molecule has 0 aliphatic heterocycles. The van der Waals surface area contributed by atoms with E-state index in [0.29, 0.717) is 0 Å². The fraction of sp³-hybridized carbons (Fsp3) is 0.917. The fourth-order valence-corrected chi connectivity index (χ4v) is 3.15. The van der Waals surface area contributed by atoms with E-state index in [4.69, 9.17) is 0 Å². The molecule has 24 heavy (non-hydrogen) atoms. The summed E-state index contributed by atoms with van der Waals surface area (Å²) in [5, 5.41) is 0. The maximum Gasteiger partial charge on any atom is 0.381 e. The molecule has 2 nitrogen and oxygen atoms in total. The zero-order chi connectivity index (χ0) is 19.0. The number of rotatable bonds is 1. The Balaban J connectivity index is 2.65. The number of hydrogen-bond acceptors (Lipinski definition) is 2. The molecule has 0 N–H and O–H groups in total. The number of ether oxygens (including phenoxy) is 1. The number of carbonyl (C=O) groups excluding carboxylic acids is 1. The molecular formula is C12H10F10O2. The predicted octanol–water partition coefficient (Wildman–Crippen LogP) is 4.07. The summed E-state index contributed by atoms with van der Waals surface area (Å²) in [6.07, 6.45) is -7.04. The van der Waals surface area contributed by atoms with E-state index in [2.05, 4.69) is 4.74 Å². The lowest BCUT2D eigenvalue weighted by molar-refractivity contribution is -0.470. The smallest absolute Gasteiger partial charge is 0.381 e. The number of fused-ring (bicyclic) bond motifs is 1. The van der Waals surface area contributed by atoms with Gasteiger partial charge in [-0.1, -0.05) is 0 Å². The molecule has 12 heteroatoms. The van der Waals surface area contributed by atoms with E-state index < -0.39 is 66.4 Å². The van der Waals surface area contributed by atoms with Crippen molar-refractivity contribution < 1.29 is 53.4 Å². The molecule has 0 spiro atoms. The minimum atomic E-state index is -6.87. The van der Waals surface area contributed by atoms with Crippen LogP contribution in [0.3, 0.4) is 0 Å². The van der Waals surface area contributed by atoms with Crippen molar-refractivity contribution in [2.45, 2.75) is 67.3 Å². The van der Waals surface area contributed by atoms with Crippen LogP contribution >= 0.6 is 0 Å². The third-order valence-corrected chi connectivity index (χ3v) is 4.46. The van der Waals surface area contributed by atoms with E-state index in [1.54, 1.807) is 0 Å². The van der Waals surface area contributed by atoms with Crippen LogP contribution < -0.4 is 0 Å². The summed E-state index contributed by atoms with van der Waals surface area (Å²) in [6, 6.07) is 0. The molecule has 140 valence electrons. The van der Waals surface area contributed by atoms with Crippen LogP contribution in [0, 0.1) is 0 Å². The molecular weight excluding hydrogens is 366 g/mol. The molecule has 0 aromatic carbocycles. The lowest BCUT2D eigenvalue weighted by Crippen LogP contribution is -2.86. The third kappa shape index (κ3) is 1.77. The van der Waals surface area contributed by atoms with Crippen LogP contribution in [0.5, 0.6) is 0 Å². The second kappa shape index (κ2) is 4.69. The molecule has 0 saturated heterocycles. The van der Waals surface area contributed by atoms with Gasteiger partial charge in [-0.25, -0.2) is 8.78 Å². The Bertz CT molecular complexity index is 562. The van der Waals surface area contributed by atoms with Gasteiger partial charge < -0.3 is 4.74 Å². The van der Waals surface area contributed by atoms with Crippen LogP contribution in [0.15, 0.2) is 0 Å². The molecule has 0 heterocycles. The largest absolute Gasteiger partial charge is 0.462 e. The lowest BCUT2D eigenvalue weighted by Gasteiger charge is -2.58. The van der Waals surface area contributed by atoms with Crippen LogP contribution in [0.4, 0.5) is 43.9 Å². The van der Waals surface area contributed by atoms with Crippen molar-refractivity contribution in [1.29, 1.82) is 0 Å². The highest BCUT2D eigenvalue weighted by atomic mass is 19.4. The number of alkyl halides is 10. The van der Waals surface area contributed by atoms with Crippen molar-refractivity contribution in [3.8, 4) is 0 Å². The van der Waals surface area contributed by atoms with Gasteiger partial charge in [-0.2, -0.15) is 35.1 Å². The zero-order valence-corrected chi connectivity index (χ0v) is 11.8. The maximum atomic E-state index is 14.6. The molecule has 2 fully saturated rings. The highest BCUT2D eigenvalue weighted by molar-refractivity contribution is 5.66. The molecule has 3 unspecified atom stereocenters. The highest BCUT2D eigenvalue weighted by Gasteiger charge is 2.99. The molecule has 2 saturated carbocycles. The van der Waals surface area contributed by atoms with E-state index in [-0.39, 0.29) is 0 Å². The quantitative estimate of drug-likeness (QED) is 0.510. The highest BCUT2D eigenvalue weighted by Crippen LogP contribution is 2.72. The van der Waals surface area contributed by atoms with Crippen LogP contribution in [0.2, 0.25) is 0 Å². The van der Waals surface area contributed by atoms with Crippen LogP contribution in [-0.2, 0) is 9.53 Å². The second-order valence-electron chi connectivity index (χ2n) is 5.87. The van der Waals surface area contributed by atoms with Crippen molar-refractivity contribution in [3.05, 3.63) is 0 Å². The van der Waals surface area contributed by atoms with Gasteiger partial charge in [0, 0.05) is 13.3 Å². The molecule has 0 amide bonds. The predicted molar refractivity (Wildman–Crippen MR) is 56.9 cm³/mol. The summed E-state index contributed by atoms with van der Waals surface area (Å²) in [5.41, 5.74) is -10.6. The minimum Gasteiger partial charge on any atom is -0.462 e. The maximum absolute atomic E-state index is 14.6. The molecule has 0 radical (unpaired) electrons. The Kier molecular flexibility index (Phi) is 3.73. The first kappa shape index (κ1) is 19.1. The number of esters is 1. The van der Waals surface area contributed by atoms with Gasteiger partial charge in [0.05, 0.1) is 0 Å². The monoisotopic (exact) mass is 376 g/mol. The Morgan fingerprint density at radius 1 is 0.792 bits per heavy atom. The van der Waals surface area contributed by atoms with Crippen LogP contribution in [0.25, 0.3) is 0 Å². The van der Waals surface area contributed by atoms with E-state index in [0.717, 1.165) is 6.92 Å². The van der Waals surface area contributed by atoms with Crippen LogP contribution in [-0.4, -0.2) is 47.1 Å². The van der Waals surface area contributed by atoms with Gasteiger partial charge in [0.2, 0.25) is 11.3 Å². The molecule has 2 aliphatic carbocycles. The summed E-state index contributed by atoms with van der Waals surface area (Å²) < 4.78 is 142. The molecule has 0 aromatic rings. The van der Waals surface area contributed by atoms with E-state index in [1.165, 1.54) is 0 Å². The van der Waals surface area contributed by atoms with Gasteiger partial charge in [-0.3, -0.25) is 4.79 Å². The van der Waals surface area contributed by atoms with Crippen molar-refractivity contribution >= 4 is 5.97 Å². The Morgan fingerprint density at radius 3 is 1.62 bits per heavy atom. The molecule has 3 atom stereocenters. The first-order valence-corrected chi connectivity index (χ1v) is 6.56. The third-order valence-electron chi connectivity index (χ3n) is 4.46.